The molecule has 170 valence electrons. The van der Waals surface area contributed by atoms with E-state index in [0.29, 0.717) is 16.3 Å². The molecule has 0 radical (unpaired) electrons. The highest BCUT2D eigenvalue weighted by Crippen LogP contribution is 2.31. The molecule has 8 heteroatoms. The maximum atomic E-state index is 12.7. The Morgan fingerprint density at radius 2 is 1.84 bits per heavy atom. The van der Waals surface area contributed by atoms with Gasteiger partial charge in [0.2, 0.25) is 15.9 Å². The second kappa shape index (κ2) is 9.92. The van der Waals surface area contributed by atoms with E-state index in [1.807, 2.05) is 24.3 Å². The number of sulfonamides is 1. The number of hydrogen-bond acceptors (Lipinski definition) is 4. The second-order valence-corrected chi connectivity index (χ2v) is 10.8. The fraction of sp³-hybridized carbons (Fsp3) is 0.435. The maximum Gasteiger partial charge on any atom is 0.243 e. The highest BCUT2D eigenvalue weighted by Gasteiger charge is 2.30. The Bertz CT molecular complexity index is 1030. The number of aryl methyl sites for hydroxylation is 1. The summed E-state index contributed by atoms with van der Waals surface area (Å²) in [5.41, 5.74) is 2.10. The molecule has 0 unspecified atom stereocenters. The van der Waals surface area contributed by atoms with E-state index in [0.717, 1.165) is 21.9 Å². The number of benzene rings is 2. The van der Waals surface area contributed by atoms with Crippen LogP contribution in [0.4, 0.5) is 5.69 Å². The first-order valence-electron chi connectivity index (χ1n) is 10.1. The molecule has 0 bridgehead atoms. The fourth-order valence-electron chi connectivity index (χ4n) is 3.30. The molecule has 1 amide bonds. The van der Waals surface area contributed by atoms with E-state index in [9.17, 15) is 13.2 Å². The van der Waals surface area contributed by atoms with Crippen molar-refractivity contribution in [2.75, 3.05) is 23.7 Å². The van der Waals surface area contributed by atoms with E-state index in [1.165, 1.54) is 0 Å². The number of halogens is 1. The van der Waals surface area contributed by atoms with E-state index in [1.54, 1.807) is 32.0 Å². The van der Waals surface area contributed by atoms with Crippen LogP contribution < -0.4 is 14.4 Å². The van der Waals surface area contributed by atoms with E-state index in [-0.39, 0.29) is 18.6 Å². The van der Waals surface area contributed by atoms with Gasteiger partial charge in [-0.3, -0.25) is 9.10 Å². The largest absolute Gasteiger partial charge is 0.491 e. The van der Waals surface area contributed by atoms with Gasteiger partial charge in [0.05, 0.1) is 18.5 Å². The molecule has 0 saturated heterocycles. The van der Waals surface area contributed by atoms with Crippen molar-refractivity contribution in [1.82, 2.24) is 5.32 Å². The van der Waals surface area contributed by atoms with E-state index in [2.05, 4.69) is 26.1 Å². The summed E-state index contributed by atoms with van der Waals surface area (Å²) in [6.07, 6.45) is 1.07. The Kier molecular flexibility index (Phi) is 8.00. The Labute approximate surface area is 190 Å². The van der Waals surface area contributed by atoms with Crippen LogP contribution in [0.3, 0.4) is 0 Å². The van der Waals surface area contributed by atoms with Crippen molar-refractivity contribution in [3.63, 3.8) is 0 Å². The molecular weight excluding hydrogens is 436 g/mol. The molecule has 0 aliphatic carbocycles. The van der Waals surface area contributed by atoms with Crippen LogP contribution in [0.15, 0.2) is 42.5 Å². The van der Waals surface area contributed by atoms with Crippen LogP contribution in [0.5, 0.6) is 5.75 Å². The molecule has 2 aromatic rings. The first-order valence-corrected chi connectivity index (χ1v) is 12.3. The second-order valence-electron chi connectivity index (χ2n) is 8.55. The van der Waals surface area contributed by atoms with Gasteiger partial charge in [-0.2, -0.15) is 0 Å². The number of nitrogens with one attached hydrogen (secondary N) is 1. The predicted octanol–water partition coefficient (Wildman–Crippen LogP) is 4.30. The zero-order valence-electron chi connectivity index (χ0n) is 18.9. The van der Waals surface area contributed by atoms with Gasteiger partial charge in [-0.05, 0) is 48.6 Å². The topological polar surface area (TPSA) is 75.7 Å². The maximum absolute atomic E-state index is 12.7. The van der Waals surface area contributed by atoms with Crippen molar-refractivity contribution in [3.8, 4) is 5.75 Å². The zero-order valence-corrected chi connectivity index (χ0v) is 20.5. The monoisotopic (exact) mass is 466 g/mol. The molecule has 0 aliphatic heterocycles. The Morgan fingerprint density at radius 3 is 2.45 bits per heavy atom. The lowest BCUT2D eigenvalue weighted by molar-refractivity contribution is -0.121. The van der Waals surface area contributed by atoms with Gasteiger partial charge in [-0.25, -0.2) is 8.42 Å². The highest BCUT2D eigenvalue weighted by atomic mass is 35.5. The first kappa shape index (κ1) is 25.0. The summed E-state index contributed by atoms with van der Waals surface area (Å²) in [4.78, 5) is 12.7. The number of amides is 1. The van der Waals surface area contributed by atoms with Crippen molar-refractivity contribution < 1.29 is 17.9 Å². The fourth-order valence-corrected chi connectivity index (χ4v) is 4.69. The number of para-hydroxylation sites is 1. The minimum absolute atomic E-state index is 0.0703. The summed E-state index contributed by atoms with van der Waals surface area (Å²) >= 11 is 6.06. The van der Waals surface area contributed by atoms with Crippen molar-refractivity contribution in [2.45, 2.75) is 46.1 Å². The summed E-state index contributed by atoms with van der Waals surface area (Å²) < 4.78 is 31.9. The molecule has 0 spiro atoms. The molecule has 0 saturated carbocycles. The third kappa shape index (κ3) is 6.61. The minimum atomic E-state index is -3.71. The lowest BCUT2D eigenvalue weighted by Crippen LogP contribution is -2.48. The molecule has 0 aromatic heterocycles. The van der Waals surface area contributed by atoms with Gasteiger partial charge in [0, 0.05) is 5.02 Å². The zero-order chi connectivity index (χ0) is 23.4. The van der Waals surface area contributed by atoms with Gasteiger partial charge < -0.3 is 10.1 Å². The molecule has 6 nitrogen and oxygen atoms in total. The Morgan fingerprint density at radius 1 is 1.19 bits per heavy atom. The van der Waals surface area contributed by atoms with Gasteiger partial charge in [0.25, 0.3) is 0 Å². The molecule has 0 heterocycles. The number of anilines is 1. The molecule has 2 rings (SSSR count). The van der Waals surface area contributed by atoms with Gasteiger partial charge in [0.1, 0.15) is 18.4 Å². The lowest BCUT2D eigenvalue weighted by atomic mass is 9.86. The summed E-state index contributed by atoms with van der Waals surface area (Å²) in [7, 11) is -3.71. The van der Waals surface area contributed by atoms with E-state index < -0.39 is 22.0 Å². The lowest BCUT2D eigenvalue weighted by Gasteiger charge is -2.29. The molecule has 1 N–H and O–H groups in total. The molecular formula is C23H31ClN2O4S. The first-order chi connectivity index (χ1) is 14.3. The summed E-state index contributed by atoms with van der Waals surface area (Å²) in [5, 5.41) is 3.16. The van der Waals surface area contributed by atoms with Crippen LogP contribution >= 0.6 is 11.6 Å². The molecule has 0 fully saturated rings. The smallest absolute Gasteiger partial charge is 0.243 e. The number of hydrogen-bond donors (Lipinski definition) is 1. The van der Waals surface area contributed by atoms with Crippen LogP contribution in [0.25, 0.3) is 0 Å². The van der Waals surface area contributed by atoms with E-state index in [4.69, 9.17) is 16.3 Å². The van der Waals surface area contributed by atoms with Gasteiger partial charge in [-0.1, -0.05) is 56.6 Å². The number of ether oxygens (including phenoxy) is 1. The number of nitrogens with zero attached hydrogens (tertiary/aromatic N) is 1. The van der Waals surface area contributed by atoms with Crippen LogP contribution in [0.2, 0.25) is 5.02 Å². The quantitative estimate of drug-likeness (QED) is 0.588. The van der Waals surface area contributed by atoms with Crippen molar-refractivity contribution in [3.05, 3.63) is 58.6 Å². The van der Waals surface area contributed by atoms with Crippen LogP contribution in [-0.2, 0) is 20.2 Å². The predicted molar refractivity (Wildman–Crippen MR) is 127 cm³/mol. The van der Waals surface area contributed by atoms with Crippen LogP contribution in [0, 0.1) is 6.92 Å². The average molecular weight is 467 g/mol. The summed E-state index contributed by atoms with van der Waals surface area (Å²) in [6.45, 7) is 10.2. The van der Waals surface area contributed by atoms with Crippen LogP contribution in [0.1, 0.15) is 38.8 Å². The van der Waals surface area contributed by atoms with Gasteiger partial charge >= 0.3 is 0 Å². The normalized spacial score (nSPS) is 12.9. The number of rotatable bonds is 8. The van der Waals surface area contributed by atoms with Crippen molar-refractivity contribution in [2.24, 2.45) is 0 Å². The average Bonchev–Trinajstić information content (AvgIpc) is 2.66. The molecule has 31 heavy (non-hydrogen) atoms. The van der Waals surface area contributed by atoms with E-state index >= 15 is 0 Å². The summed E-state index contributed by atoms with van der Waals surface area (Å²) in [6, 6.07) is 11.8. The number of carbonyl (C=O) groups is 1. The minimum Gasteiger partial charge on any atom is -0.491 e. The number of carbonyl (C=O) groups excluding carboxylic acids is 1. The van der Waals surface area contributed by atoms with Gasteiger partial charge in [0.15, 0.2) is 0 Å². The van der Waals surface area contributed by atoms with Gasteiger partial charge in [-0.15, -0.1) is 0 Å². The Hall–Kier alpha value is -2.25. The highest BCUT2D eigenvalue weighted by molar-refractivity contribution is 7.92. The molecule has 1 atom stereocenters. The third-order valence-corrected chi connectivity index (χ3v) is 6.31. The van der Waals surface area contributed by atoms with Crippen molar-refractivity contribution in [1.29, 1.82) is 0 Å². The standard InChI is InChI=1S/C23H31ClN2O4S/c1-16-11-12-18(24)15-20(16)26(31(6,28)29)17(2)22(27)25-13-14-30-21-10-8-7-9-19(21)23(3,4)5/h7-12,15,17H,13-14H2,1-6H3,(H,25,27)/t17-/m0/s1. The third-order valence-electron chi connectivity index (χ3n) is 4.85. The van der Waals surface area contributed by atoms with Crippen LogP contribution in [-0.4, -0.2) is 39.8 Å². The Balaban J connectivity index is 2.07. The SMILES string of the molecule is Cc1ccc(Cl)cc1N([C@@H](C)C(=O)NCCOc1ccccc1C(C)(C)C)S(C)(=O)=O. The van der Waals surface area contributed by atoms with Crippen molar-refractivity contribution >= 4 is 33.2 Å². The summed E-state index contributed by atoms with van der Waals surface area (Å²) in [5.74, 6) is 0.349. The molecule has 0 aliphatic rings. The molecule has 2 aromatic carbocycles.